The fourth-order valence-electron chi connectivity index (χ4n) is 2.75. The van der Waals surface area contributed by atoms with Crippen molar-refractivity contribution in [2.45, 2.75) is 31.7 Å². The third-order valence-electron chi connectivity index (χ3n) is 4.11. The van der Waals surface area contributed by atoms with Gasteiger partial charge in [-0.2, -0.15) is 0 Å². The Morgan fingerprint density at radius 3 is 2.59 bits per heavy atom. The van der Waals surface area contributed by atoms with Crippen molar-refractivity contribution in [1.29, 1.82) is 0 Å². The number of hydrogen-bond donors (Lipinski definition) is 3. The smallest absolute Gasteiger partial charge is 0.238 e. The number of ether oxygens (including phenoxy) is 1. The number of nitrogens with two attached hydrogens (primary N) is 1. The molecular formula is C20H29IN4O3S. The van der Waals surface area contributed by atoms with Crippen molar-refractivity contribution in [3.63, 3.8) is 0 Å². The number of primary sulfonamides is 1. The van der Waals surface area contributed by atoms with E-state index < -0.39 is 10.0 Å². The molecule has 29 heavy (non-hydrogen) atoms. The average molecular weight is 532 g/mol. The van der Waals surface area contributed by atoms with Crippen LogP contribution in [0.4, 0.5) is 0 Å². The quantitative estimate of drug-likeness (QED) is 0.276. The van der Waals surface area contributed by atoms with Gasteiger partial charge >= 0.3 is 0 Å². The summed E-state index contributed by atoms with van der Waals surface area (Å²) in [6.45, 7) is 5.78. The number of guanidine groups is 1. The van der Waals surface area contributed by atoms with E-state index in [2.05, 4.69) is 28.6 Å². The first kappa shape index (κ1) is 25.2. The highest BCUT2D eigenvalue weighted by Crippen LogP contribution is 2.19. The van der Waals surface area contributed by atoms with Gasteiger partial charge in [0.05, 0.1) is 18.6 Å². The molecule has 0 unspecified atom stereocenters. The predicted molar refractivity (Wildman–Crippen MR) is 127 cm³/mol. The van der Waals surface area contributed by atoms with Gasteiger partial charge in [-0.15, -0.1) is 24.0 Å². The number of halogens is 1. The second kappa shape index (κ2) is 12.0. The topological polar surface area (TPSA) is 106 Å². The summed E-state index contributed by atoms with van der Waals surface area (Å²) in [5.41, 5.74) is 3.09. The Morgan fingerprint density at radius 1 is 1.17 bits per heavy atom. The molecular weight excluding hydrogens is 503 g/mol. The van der Waals surface area contributed by atoms with Crippen molar-refractivity contribution in [3.05, 3.63) is 59.2 Å². The van der Waals surface area contributed by atoms with Gasteiger partial charge in [-0.25, -0.2) is 18.5 Å². The molecule has 0 fully saturated rings. The van der Waals surface area contributed by atoms with E-state index in [1.54, 1.807) is 19.2 Å². The molecule has 0 bridgehead atoms. The molecule has 0 saturated heterocycles. The third-order valence-corrected chi connectivity index (χ3v) is 5.02. The summed E-state index contributed by atoms with van der Waals surface area (Å²) in [7, 11) is -2.05. The van der Waals surface area contributed by atoms with Gasteiger partial charge in [0.2, 0.25) is 10.0 Å². The van der Waals surface area contributed by atoms with Crippen molar-refractivity contribution in [1.82, 2.24) is 10.6 Å². The molecule has 0 aliphatic rings. The van der Waals surface area contributed by atoms with Crippen molar-refractivity contribution < 1.29 is 13.2 Å². The minimum absolute atomic E-state index is 0. The number of aliphatic imine (C=N–C) groups is 1. The summed E-state index contributed by atoms with van der Waals surface area (Å²) in [6, 6.07) is 12.6. The molecule has 0 aliphatic carbocycles. The molecule has 4 N–H and O–H groups in total. The highest BCUT2D eigenvalue weighted by molar-refractivity contribution is 14.0. The summed E-state index contributed by atoms with van der Waals surface area (Å²) >= 11 is 0. The lowest BCUT2D eigenvalue weighted by Gasteiger charge is -2.13. The van der Waals surface area contributed by atoms with Gasteiger partial charge in [-0.1, -0.05) is 29.8 Å². The van der Waals surface area contributed by atoms with Crippen LogP contribution in [0.2, 0.25) is 0 Å². The van der Waals surface area contributed by atoms with Crippen LogP contribution in [0.25, 0.3) is 0 Å². The first-order chi connectivity index (χ1) is 13.3. The number of rotatable bonds is 8. The van der Waals surface area contributed by atoms with E-state index in [1.165, 1.54) is 11.6 Å². The second-order valence-electron chi connectivity index (χ2n) is 6.38. The molecule has 0 atom stereocenters. The van der Waals surface area contributed by atoms with Crippen LogP contribution in [-0.2, 0) is 23.0 Å². The Bertz CT molecular complexity index is 933. The third kappa shape index (κ3) is 8.19. The van der Waals surface area contributed by atoms with Gasteiger partial charge in [0.1, 0.15) is 5.75 Å². The number of nitrogens with zero attached hydrogens (tertiary/aromatic N) is 1. The first-order valence-electron chi connectivity index (χ1n) is 9.11. The van der Waals surface area contributed by atoms with E-state index in [4.69, 9.17) is 9.88 Å². The lowest BCUT2D eigenvalue weighted by Crippen LogP contribution is -2.38. The summed E-state index contributed by atoms with van der Waals surface area (Å²) in [4.78, 5) is 4.61. The molecule has 0 aromatic heterocycles. The van der Waals surface area contributed by atoms with E-state index in [9.17, 15) is 8.42 Å². The average Bonchev–Trinajstić information content (AvgIpc) is 2.66. The van der Waals surface area contributed by atoms with Crippen LogP contribution >= 0.6 is 24.0 Å². The maximum atomic E-state index is 11.5. The van der Waals surface area contributed by atoms with E-state index >= 15 is 0 Å². The van der Waals surface area contributed by atoms with Gasteiger partial charge in [0, 0.05) is 13.1 Å². The summed E-state index contributed by atoms with van der Waals surface area (Å²) in [5.74, 6) is 1.53. The standard InChI is InChI=1S/C20H28N4O3S.HI/c1-4-22-20(23-11-10-17-12-15(2)8-9-19(17)27-3)24-14-16-6-5-7-18(13-16)28(21,25)26;/h5-9,12-13H,4,10-11,14H2,1-3H3,(H2,21,25,26)(H2,22,23,24);1H. The van der Waals surface area contributed by atoms with Gasteiger partial charge in [-0.3, -0.25) is 0 Å². The van der Waals surface area contributed by atoms with Gasteiger partial charge in [0.25, 0.3) is 0 Å². The fourth-order valence-corrected chi connectivity index (χ4v) is 3.34. The molecule has 0 amide bonds. The lowest BCUT2D eigenvalue weighted by atomic mass is 10.1. The lowest BCUT2D eigenvalue weighted by molar-refractivity contribution is 0.409. The zero-order valence-electron chi connectivity index (χ0n) is 16.9. The van der Waals surface area contributed by atoms with E-state index in [-0.39, 0.29) is 28.9 Å². The Labute approximate surface area is 190 Å². The zero-order chi connectivity index (χ0) is 20.6. The maximum Gasteiger partial charge on any atom is 0.238 e. The number of methoxy groups -OCH3 is 1. The molecule has 7 nitrogen and oxygen atoms in total. The Hall–Kier alpha value is -1.85. The first-order valence-corrected chi connectivity index (χ1v) is 10.7. The SMILES string of the molecule is CCNC(=NCc1cccc(S(N)(=O)=O)c1)NCCc1cc(C)ccc1OC.I. The van der Waals surface area contributed by atoms with Crippen LogP contribution in [0.3, 0.4) is 0 Å². The summed E-state index contributed by atoms with van der Waals surface area (Å²) in [6.07, 6.45) is 0.788. The second-order valence-corrected chi connectivity index (χ2v) is 7.94. The molecule has 2 aromatic rings. The molecule has 0 radical (unpaired) electrons. The number of nitrogens with one attached hydrogen (secondary N) is 2. The monoisotopic (exact) mass is 532 g/mol. The van der Waals surface area contributed by atoms with E-state index in [0.29, 0.717) is 19.0 Å². The minimum Gasteiger partial charge on any atom is -0.496 e. The van der Waals surface area contributed by atoms with Crippen LogP contribution in [0.1, 0.15) is 23.6 Å². The van der Waals surface area contributed by atoms with Crippen LogP contribution < -0.4 is 20.5 Å². The Balaban J connectivity index is 0.00000420. The van der Waals surface area contributed by atoms with E-state index in [0.717, 1.165) is 29.8 Å². The van der Waals surface area contributed by atoms with Gasteiger partial charge in [0.15, 0.2) is 5.96 Å². The summed E-state index contributed by atoms with van der Waals surface area (Å²) < 4.78 is 28.4. The molecule has 9 heteroatoms. The van der Waals surface area contributed by atoms with Crippen LogP contribution in [0, 0.1) is 6.92 Å². The van der Waals surface area contributed by atoms with E-state index in [1.807, 2.05) is 25.1 Å². The van der Waals surface area contributed by atoms with Crippen LogP contribution in [0.5, 0.6) is 5.75 Å². The molecule has 0 saturated carbocycles. The molecule has 0 heterocycles. The highest BCUT2D eigenvalue weighted by Gasteiger charge is 2.08. The minimum atomic E-state index is -3.72. The van der Waals surface area contributed by atoms with Crippen molar-refractivity contribution >= 4 is 40.0 Å². The predicted octanol–water partition coefficient (Wildman–Crippen LogP) is 2.57. The number of hydrogen-bond acceptors (Lipinski definition) is 4. The summed E-state index contributed by atoms with van der Waals surface area (Å²) in [5, 5.41) is 11.7. The molecule has 2 aromatic carbocycles. The molecule has 2 rings (SSSR count). The van der Waals surface area contributed by atoms with Gasteiger partial charge in [-0.05, 0) is 49.6 Å². The van der Waals surface area contributed by atoms with Crippen molar-refractivity contribution in [2.75, 3.05) is 20.2 Å². The molecule has 160 valence electrons. The highest BCUT2D eigenvalue weighted by atomic mass is 127. The van der Waals surface area contributed by atoms with Gasteiger partial charge < -0.3 is 15.4 Å². The largest absolute Gasteiger partial charge is 0.496 e. The van der Waals surface area contributed by atoms with Crippen LogP contribution in [-0.4, -0.2) is 34.6 Å². The Kier molecular flexibility index (Phi) is 10.4. The van der Waals surface area contributed by atoms with Crippen LogP contribution in [0.15, 0.2) is 52.4 Å². The fraction of sp³-hybridized carbons (Fsp3) is 0.350. The zero-order valence-corrected chi connectivity index (χ0v) is 20.1. The van der Waals surface area contributed by atoms with Crippen molar-refractivity contribution in [3.8, 4) is 5.75 Å². The molecule has 0 spiro atoms. The number of benzene rings is 2. The van der Waals surface area contributed by atoms with Crippen molar-refractivity contribution in [2.24, 2.45) is 10.1 Å². The maximum absolute atomic E-state index is 11.5. The number of sulfonamides is 1. The Morgan fingerprint density at radius 2 is 1.93 bits per heavy atom. The normalized spacial score (nSPS) is 11.5. The molecule has 0 aliphatic heterocycles. The number of aryl methyl sites for hydroxylation is 1.